The van der Waals surface area contributed by atoms with Gasteiger partial charge in [-0.3, -0.25) is 4.79 Å². The zero-order chi connectivity index (χ0) is 18.1. The van der Waals surface area contributed by atoms with Gasteiger partial charge in [0.1, 0.15) is 0 Å². The number of aryl methyl sites for hydroxylation is 1. The maximum Gasteiger partial charge on any atom is 0.252 e. The van der Waals surface area contributed by atoms with E-state index in [0.29, 0.717) is 11.8 Å². The third kappa shape index (κ3) is 3.92. The van der Waals surface area contributed by atoms with Crippen molar-refractivity contribution in [1.82, 2.24) is 4.57 Å². The van der Waals surface area contributed by atoms with Gasteiger partial charge in [-0.25, -0.2) is 0 Å². The van der Waals surface area contributed by atoms with Crippen LogP contribution in [0.15, 0.2) is 41.2 Å². The zero-order valence-corrected chi connectivity index (χ0v) is 15.4. The molecule has 2 aromatic rings. The molecule has 0 aliphatic heterocycles. The van der Waals surface area contributed by atoms with E-state index in [2.05, 4.69) is 54.9 Å². The Morgan fingerprint density at radius 2 is 1.50 bits per heavy atom. The van der Waals surface area contributed by atoms with Crippen LogP contribution in [0.3, 0.4) is 0 Å². The fourth-order valence-corrected chi connectivity index (χ4v) is 3.10. The molecule has 0 bridgehead atoms. The lowest BCUT2D eigenvalue weighted by atomic mass is 10.0. The van der Waals surface area contributed by atoms with E-state index in [9.17, 15) is 4.79 Å². The van der Waals surface area contributed by atoms with E-state index in [0.717, 1.165) is 22.4 Å². The van der Waals surface area contributed by atoms with Crippen molar-refractivity contribution >= 4 is 0 Å². The first-order chi connectivity index (χ1) is 12.6. The summed E-state index contributed by atoms with van der Waals surface area (Å²) in [6.07, 6.45) is 4.87. The number of aromatic nitrogens is 1. The van der Waals surface area contributed by atoms with Gasteiger partial charge in [0.05, 0.1) is 6.04 Å². The number of pyridine rings is 1. The van der Waals surface area contributed by atoms with E-state index in [1.807, 2.05) is 17.6 Å². The zero-order valence-electron chi connectivity index (χ0n) is 15.4. The lowest BCUT2D eigenvalue weighted by Gasteiger charge is -2.19. The molecule has 2 saturated carbocycles. The van der Waals surface area contributed by atoms with Gasteiger partial charge in [-0.1, -0.05) is 35.8 Å². The predicted molar refractivity (Wildman–Crippen MR) is 105 cm³/mol. The number of hydrogen-bond donors (Lipinski definition) is 0. The van der Waals surface area contributed by atoms with E-state index < -0.39 is 0 Å². The van der Waals surface area contributed by atoms with Crippen LogP contribution in [-0.2, 0) is 0 Å². The molecule has 26 heavy (non-hydrogen) atoms. The fraction of sp³-hybridized carbons (Fsp3) is 0.375. The molecule has 0 unspecified atom stereocenters. The van der Waals surface area contributed by atoms with Crippen LogP contribution in [0.1, 0.15) is 61.0 Å². The molecule has 2 nitrogen and oxygen atoms in total. The molecule has 1 aromatic carbocycles. The first kappa shape index (κ1) is 16.7. The molecule has 2 fully saturated rings. The third-order valence-electron chi connectivity index (χ3n) is 5.04. The van der Waals surface area contributed by atoms with Gasteiger partial charge in [0, 0.05) is 34.7 Å². The molecule has 0 spiro atoms. The summed E-state index contributed by atoms with van der Waals surface area (Å²) in [5.74, 6) is 14.0. The Morgan fingerprint density at radius 3 is 2.04 bits per heavy atom. The highest BCUT2D eigenvalue weighted by Gasteiger charge is 2.18. The molecule has 1 heterocycles. The topological polar surface area (TPSA) is 22.0 Å². The van der Waals surface area contributed by atoms with Crippen molar-refractivity contribution < 1.29 is 0 Å². The summed E-state index contributed by atoms with van der Waals surface area (Å²) in [5, 5.41) is 0. The van der Waals surface area contributed by atoms with Gasteiger partial charge < -0.3 is 4.57 Å². The smallest absolute Gasteiger partial charge is 0.252 e. The highest BCUT2D eigenvalue weighted by atomic mass is 16.1. The van der Waals surface area contributed by atoms with Crippen LogP contribution in [0.25, 0.3) is 0 Å². The largest absolute Gasteiger partial charge is 0.306 e. The normalized spacial score (nSPS) is 16.8. The second kappa shape index (κ2) is 6.89. The van der Waals surface area contributed by atoms with Crippen molar-refractivity contribution in [2.24, 2.45) is 11.8 Å². The highest BCUT2D eigenvalue weighted by Crippen LogP contribution is 2.28. The number of nitrogens with zero attached hydrogens (tertiary/aromatic N) is 1. The van der Waals surface area contributed by atoms with Gasteiger partial charge >= 0.3 is 0 Å². The van der Waals surface area contributed by atoms with Crippen molar-refractivity contribution in [2.75, 3.05) is 0 Å². The number of benzene rings is 1. The Labute approximate surface area is 155 Å². The molecule has 0 radical (unpaired) electrons. The van der Waals surface area contributed by atoms with Crippen LogP contribution in [0.4, 0.5) is 0 Å². The highest BCUT2D eigenvalue weighted by molar-refractivity contribution is 5.39. The molecular weight excluding hydrogens is 318 g/mol. The van der Waals surface area contributed by atoms with Crippen LogP contribution < -0.4 is 5.56 Å². The molecule has 2 heteroatoms. The van der Waals surface area contributed by atoms with Gasteiger partial charge in [0.15, 0.2) is 0 Å². The Kier molecular flexibility index (Phi) is 4.44. The summed E-state index contributed by atoms with van der Waals surface area (Å²) in [5.41, 5.74) is 3.94. The second-order valence-electron chi connectivity index (χ2n) is 7.48. The predicted octanol–water partition coefficient (Wildman–Crippen LogP) is 4.29. The van der Waals surface area contributed by atoms with Gasteiger partial charge in [-0.15, -0.1) is 0 Å². The van der Waals surface area contributed by atoms with Gasteiger partial charge in [0.2, 0.25) is 0 Å². The first-order valence-electron chi connectivity index (χ1n) is 9.46. The maximum atomic E-state index is 12.7. The molecule has 130 valence electrons. The second-order valence-corrected chi connectivity index (χ2v) is 7.48. The van der Waals surface area contributed by atoms with E-state index >= 15 is 0 Å². The standard InChI is InChI=1S/C24H23NO/c1-17-15-22(10-9-20-5-6-20)16-24(26)25(17)18(2)23-13-11-21(12-14-23)8-7-19-3-4-19/h11-16,18-20H,3-6H2,1-2H3/t18-/m0/s1. The summed E-state index contributed by atoms with van der Waals surface area (Å²) < 4.78 is 1.84. The Hall–Kier alpha value is -2.71. The molecule has 2 aliphatic rings. The summed E-state index contributed by atoms with van der Waals surface area (Å²) in [6, 6.07) is 11.9. The Bertz CT molecular complexity index is 997. The summed E-state index contributed by atoms with van der Waals surface area (Å²) in [7, 11) is 0. The van der Waals surface area contributed by atoms with Gasteiger partial charge in [0.25, 0.3) is 5.56 Å². The average Bonchev–Trinajstić information content (AvgIpc) is 3.53. The quantitative estimate of drug-likeness (QED) is 0.747. The van der Waals surface area contributed by atoms with Crippen LogP contribution in [0.2, 0.25) is 0 Å². The summed E-state index contributed by atoms with van der Waals surface area (Å²) >= 11 is 0. The van der Waals surface area contributed by atoms with Crippen LogP contribution in [0, 0.1) is 42.4 Å². The molecule has 1 aromatic heterocycles. The fourth-order valence-electron chi connectivity index (χ4n) is 3.10. The minimum absolute atomic E-state index is 0.00944. The Balaban J connectivity index is 1.57. The van der Waals surface area contributed by atoms with Crippen molar-refractivity contribution in [2.45, 2.75) is 45.6 Å². The molecule has 2 aliphatic carbocycles. The lowest BCUT2D eigenvalue weighted by Crippen LogP contribution is -2.25. The minimum Gasteiger partial charge on any atom is -0.306 e. The minimum atomic E-state index is -0.0154. The summed E-state index contributed by atoms with van der Waals surface area (Å²) in [6.45, 7) is 4.05. The SMILES string of the molecule is Cc1cc(C#CC2CC2)cc(=O)n1[C@@H](C)c1ccc(C#CC2CC2)cc1. The van der Waals surface area contributed by atoms with Crippen LogP contribution in [0.5, 0.6) is 0 Å². The Morgan fingerprint density at radius 1 is 0.923 bits per heavy atom. The van der Waals surface area contributed by atoms with Crippen molar-refractivity contribution in [3.05, 3.63) is 69.1 Å². The van der Waals surface area contributed by atoms with E-state index in [-0.39, 0.29) is 11.6 Å². The lowest BCUT2D eigenvalue weighted by molar-refractivity contribution is 0.596. The molecule has 4 rings (SSSR count). The van der Waals surface area contributed by atoms with Crippen molar-refractivity contribution in [3.63, 3.8) is 0 Å². The first-order valence-corrected chi connectivity index (χ1v) is 9.46. The van der Waals surface area contributed by atoms with E-state index in [4.69, 9.17) is 0 Å². The van der Waals surface area contributed by atoms with Crippen molar-refractivity contribution in [3.8, 4) is 23.7 Å². The molecule has 0 saturated heterocycles. The van der Waals surface area contributed by atoms with E-state index in [1.54, 1.807) is 6.07 Å². The molecule has 0 amide bonds. The molecule has 1 atom stereocenters. The van der Waals surface area contributed by atoms with Crippen LogP contribution >= 0.6 is 0 Å². The third-order valence-corrected chi connectivity index (χ3v) is 5.04. The maximum absolute atomic E-state index is 12.7. The number of rotatable bonds is 2. The van der Waals surface area contributed by atoms with Crippen LogP contribution in [-0.4, -0.2) is 4.57 Å². The van der Waals surface area contributed by atoms with Crippen molar-refractivity contribution in [1.29, 1.82) is 0 Å². The summed E-state index contributed by atoms with van der Waals surface area (Å²) in [4.78, 5) is 12.7. The average molecular weight is 341 g/mol. The van der Waals surface area contributed by atoms with E-state index in [1.165, 1.54) is 25.7 Å². The van der Waals surface area contributed by atoms with Gasteiger partial charge in [-0.05, 0) is 63.3 Å². The molecule has 0 N–H and O–H groups in total. The monoisotopic (exact) mass is 341 g/mol. The number of hydrogen-bond acceptors (Lipinski definition) is 1. The van der Waals surface area contributed by atoms with Gasteiger partial charge in [-0.2, -0.15) is 0 Å². The molecular formula is C24H23NO.